The zero-order valence-corrected chi connectivity index (χ0v) is 29.1. The van der Waals surface area contributed by atoms with Crippen LogP contribution in [0.15, 0.2) is 75.1 Å². The summed E-state index contributed by atoms with van der Waals surface area (Å²) in [6.45, 7) is 6.65. The van der Waals surface area contributed by atoms with E-state index in [0.717, 1.165) is 11.1 Å². The number of halogens is 6. The summed E-state index contributed by atoms with van der Waals surface area (Å²) in [6.07, 6.45) is -1.60. The fourth-order valence-corrected chi connectivity index (χ4v) is 3.99. The number of furan rings is 1. The Morgan fingerprint density at radius 2 is 0.978 bits per heavy atom. The van der Waals surface area contributed by atoms with E-state index in [1.165, 1.54) is 0 Å². The van der Waals surface area contributed by atoms with Crippen LogP contribution < -0.4 is 10.6 Å². The van der Waals surface area contributed by atoms with E-state index in [4.69, 9.17) is 83.5 Å². The number of hydrogen-bond acceptors (Lipinski definition) is 7. The number of amides is 2. The van der Waals surface area contributed by atoms with Gasteiger partial charge >= 0.3 is 12.2 Å². The first kappa shape index (κ1) is 36.8. The van der Waals surface area contributed by atoms with Crippen molar-refractivity contribution < 1.29 is 23.5 Å². The maximum atomic E-state index is 12.2. The van der Waals surface area contributed by atoms with E-state index < -0.39 is 33.0 Å². The first-order valence-corrected chi connectivity index (χ1v) is 15.7. The highest BCUT2D eigenvalue weighted by molar-refractivity contribution is 6.68. The van der Waals surface area contributed by atoms with Crippen molar-refractivity contribution in [3.8, 4) is 22.6 Å². The number of ether oxygens (including phenoxy) is 2. The molecule has 9 nitrogen and oxygen atoms in total. The third-order valence-corrected chi connectivity index (χ3v) is 6.10. The number of alkyl halides is 6. The summed E-state index contributed by atoms with van der Waals surface area (Å²) in [5.74, 6) is 1.86. The zero-order chi connectivity index (χ0) is 33.4. The predicted octanol–water partition coefficient (Wildman–Crippen LogP) is 9.12. The highest BCUT2D eigenvalue weighted by Crippen LogP contribution is 2.30. The number of carbonyl (C=O) groups is 2. The Hall–Kier alpha value is -2.66. The molecule has 0 spiro atoms. The fraction of sp³-hybridized carbons (Fsp3) is 0.333. The highest BCUT2D eigenvalue weighted by atomic mass is 35.6. The van der Waals surface area contributed by atoms with Gasteiger partial charge in [-0.2, -0.15) is 0 Å². The molecule has 0 saturated heterocycles. The molecule has 2 amide bonds. The van der Waals surface area contributed by atoms with E-state index in [9.17, 15) is 9.59 Å². The van der Waals surface area contributed by atoms with Crippen molar-refractivity contribution in [1.82, 2.24) is 10.6 Å². The van der Waals surface area contributed by atoms with Crippen LogP contribution in [0.25, 0.3) is 22.6 Å². The molecule has 0 radical (unpaired) electrons. The van der Waals surface area contributed by atoms with E-state index in [0.29, 0.717) is 34.3 Å². The third-order valence-electron chi connectivity index (χ3n) is 5.44. The quantitative estimate of drug-likeness (QED) is 0.136. The molecule has 45 heavy (non-hydrogen) atoms. The van der Waals surface area contributed by atoms with Gasteiger partial charge in [0.25, 0.3) is 0 Å². The van der Waals surface area contributed by atoms with E-state index >= 15 is 0 Å². The summed E-state index contributed by atoms with van der Waals surface area (Å²) in [6, 6.07) is 18.0. The molecule has 0 bridgehead atoms. The molecule has 0 fully saturated rings. The van der Waals surface area contributed by atoms with Gasteiger partial charge in [-0.25, -0.2) is 9.59 Å². The second kappa shape index (κ2) is 16.3. The average Bonchev–Trinajstić information content (AvgIpc) is 3.44. The summed E-state index contributed by atoms with van der Waals surface area (Å²) in [5, 5.41) is 5.20. The van der Waals surface area contributed by atoms with Crippen molar-refractivity contribution in [2.75, 3.05) is 13.2 Å². The molecule has 3 aromatic rings. The molecule has 0 unspecified atom stereocenters. The summed E-state index contributed by atoms with van der Waals surface area (Å²) in [5.41, 5.74) is 2.88. The van der Waals surface area contributed by atoms with Gasteiger partial charge in [0.15, 0.2) is 0 Å². The molecule has 1 heterocycles. The van der Waals surface area contributed by atoms with Crippen LogP contribution in [0.2, 0.25) is 0 Å². The first-order chi connectivity index (χ1) is 21.0. The summed E-state index contributed by atoms with van der Waals surface area (Å²) >= 11 is 34.0. The Morgan fingerprint density at radius 1 is 0.644 bits per heavy atom. The van der Waals surface area contributed by atoms with Gasteiger partial charge in [-0.05, 0) is 39.8 Å². The second-order valence-electron chi connectivity index (χ2n) is 10.1. The predicted molar refractivity (Wildman–Crippen MR) is 182 cm³/mol. The Labute approximate surface area is 291 Å². The maximum Gasteiger partial charge on any atom is 0.412 e. The Balaban J connectivity index is 1.74. The lowest BCUT2D eigenvalue weighted by Gasteiger charge is -2.14. The van der Waals surface area contributed by atoms with Gasteiger partial charge in [0.05, 0.1) is 0 Å². The SMILES string of the molecule is CC(C)N=C(NC(=O)OCC(Cl)(Cl)Cl)c1ccc(-c2ccc(-c3ccc(C(=NC(C)C)NC(=O)OCC(Cl)(Cl)Cl)cc3)o2)cc1. The van der Waals surface area contributed by atoms with Crippen molar-refractivity contribution in [2.45, 2.75) is 47.4 Å². The Kier molecular flexibility index (Phi) is 13.3. The number of rotatable bonds is 8. The van der Waals surface area contributed by atoms with Crippen molar-refractivity contribution in [3.63, 3.8) is 0 Å². The van der Waals surface area contributed by atoms with E-state index in [1.54, 1.807) is 24.3 Å². The van der Waals surface area contributed by atoms with Crippen molar-refractivity contribution in [1.29, 1.82) is 0 Å². The van der Waals surface area contributed by atoms with Crippen molar-refractivity contribution in [2.24, 2.45) is 9.98 Å². The lowest BCUT2D eigenvalue weighted by atomic mass is 10.1. The number of hydrogen-bond donors (Lipinski definition) is 2. The maximum absolute atomic E-state index is 12.2. The molecule has 3 rings (SSSR count). The molecule has 2 aromatic carbocycles. The molecule has 0 aliphatic heterocycles. The molecule has 0 atom stereocenters. The van der Waals surface area contributed by atoms with Gasteiger partial charge < -0.3 is 13.9 Å². The highest BCUT2D eigenvalue weighted by Gasteiger charge is 2.24. The average molecular weight is 739 g/mol. The molecule has 0 saturated carbocycles. The van der Waals surface area contributed by atoms with E-state index in [1.807, 2.05) is 64.1 Å². The number of aliphatic imine (C=N–C) groups is 2. The number of carbonyl (C=O) groups excluding carboxylic acids is 2. The lowest BCUT2D eigenvalue weighted by Crippen LogP contribution is -2.34. The molecule has 15 heteroatoms. The Bertz CT molecular complexity index is 1400. The van der Waals surface area contributed by atoms with Crippen molar-refractivity contribution >= 4 is 93.5 Å². The molecule has 242 valence electrons. The van der Waals surface area contributed by atoms with Crippen LogP contribution in [0, 0.1) is 0 Å². The number of benzene rings is 2. The van der Waals surface area contributed by atoms with Gasteiger partial charge in [0, 0.05) is 34.3 Å². The summed E-state index contributed by atoms with van der Waals surface area (Å²) in [7, 11) is 0. The second-order valence-corrected chi connectivity index (χ2v) is 15.1. The van der Waals surface area contributed by atoms with Crippen LogP contribution in [-0.2, 0) is 9.47 Å². The Morgan fingerprint density at radius 3 is 1.27 bits per heavy atom. The van der Waals surface area contributed by atoms with E-state index in [-0.39, 0.29) is 12.1 Å². The number of nitrogens with one attached hydrogen (secondary N) is 2. The zero-order valence-electron chi connectivity index (χ0n) is 24.5. The van der Waals surface area contributed by atoms with Crippen LogP contribution in [0.3, 0.4) is 0 Å². The van der Waals surface area contributed by atoms with Crippen LogP contribution in [0.5, 0.6) is 0 Å². The fourth-order valence-electron chi connectivity index (χ4n) is 3.67. The largest absolute Gasteiger partial charge is 0.456 e. The van der Waals surface area contributed by atoms with Gasteiger partial charge in [-0.1, -0.05) is 118 Å². The lowest BCUT2D eigenvalue weighted by molar-refractivity contribution is 0.153. The smallest absolute Gasteiger partial charge is 0.412 e. The standard InChI is InChI=1S/C30H30Cl6N4O5/c1-17(2)37-25(39-27(41)43-15-29(31,32)33)21-9-5-19(6-10-21)23-13-14-24(45-23)20-7-11-22(12-8-20)26(38-18(3)4)40-28(42)44-16-30(34,35)36/h5-14,17-18H,15-16H2,1-4H3,(H,37,39,41)(H,38,40,42). The minimum Gasteiger partial charge on any atom is -0.456 e. The normalized spacial score (nSPS) is 12.8. The van der Waals surface area contributed by atoms with Gasteiger partial charge in [-0.3, -0.25) is 20.6 Å². The van der Waals surface area contributed by atoms with Gasteiger partial charge in [0.2, 0.25) is 7.59 Å². The van der Waals surface area contributed by atoms with Crippen molar-refractivity contribution in [3.05, 3.63) is 71.8 Å². The minimum atomic E-state index is -1.73. The number of nitrogens with zero attached hydrogens (tertiary/aromatic N) is 2. The first-order valence-electron chi connectivity index (χ1n) is 13.5. The van der Waals surface area contributed by atoms with Gasteiger partial charge in [0.1, 0.15) is 36.4 Å². The third kappa shape index (κ3) is 12.9. The molecular weight excluding hydrogens is 709 g/mol. The molecule has 0 aliphatic carbocycles. The van der Waals surface area contributed by atoms with Crippen LogP contribution in [0.1, 0.15) is 38.8 Å². The molecular formula is C30H30Cl6N4O5. The molecule has 2 N–H and O–H groups in total. The minimum absolute atomic E-state index is 0.113. The number of amidine groups is 2. The van der Waals surface area contributed by atoms with Crippen LogP contribution in [0.4, 0.5) is 9.59 Å². The molecule has 0 aliphatic rings. The van der Waals surface area contributed by atoms with E-state index in [2.05, 4.69) is 20.6 Å². The van der Waals surface area contributed by atoms with Crippen LogP contribution >= 0.6 is 69.6 Å². The van der Waals surface area contributed by atoms with Crippen LogP contribution in [-0.4, -0.2) is 56.7 Å². The summed E-state index contributed by atoms with van der Waals surface area (Å²) < 4.78 is 12.6. The monoisotopic (exact) mass is 736 g/mol. The van der Waals surface area contributed by atoms with Gasteiger partial charge in [-0.15, -0.1) is 0 Å². The topological polar surface area (TPSA) is 115 Å². The number of alkyl carbamates (subject to hydrolysis) is 2. The summed E-state index contributed by atoms with van der Waals surface area (Å²) in [4.78, 5) is 33.4. The molecule has 1 aromatic heterocycles.